The van der Waals surface area contributed by atoms with E-state index in [2.05, 4.69) is 4.98 Å². The Hall–Kier alpha value is -1.11. The zero-order valence-electron chi connectivity index (χ0n) is 12.1. The largest absolute Gasteiger partial charge is 0.498 e. The zero-order chi connectivity index (χ0) is 14.3. The van der Waals surface area contributed by atoms with E-state index in [1.54, 1.807) is 6.20 Å². The Labute approximate surface area is 114 Å². The molecule has 1 aliphatic rings. The Bertz CT molecular complexity index is 461. The minimum Gasteiger partial charge on any atom is -0.399 e. The van der Waals surface area contributed by atoms with Crippen molar-refractivity contribution in [3.63, 3.8) is 0 Å². The van der Waals surface area contributed by atoms with Gasteiger partial charge in [0.2, 0.25) is 0 Å². The fraction of sp³-hybridized carbons (Fsp3) is 0.615. The molecule has 19 heavy (non-hydrogen) atoms. The third kappa shape index (κ3) is 2.61. The van der Waals surface area contributed by atoms with Gasteiger partial charge < -0.3 is 20.8 Å². The van der Waals surface area contributed by atoms with Crippen LogP contribution in [0.2, 0.25) is 0 Å². The Kier molecular flexibility index (Phi) is 3.60. The molecule has 0 atom stereocenters. The van der Waals surface area contributed by atoms with Crippen molar-refractivity contribution >= 4 is 18.4 Å². The second-order valence-corrected chi connectivity index (χ2v) is 5.94. The van der Waals surface area contributed by atoms with Crippen LogP contribution < -0.4 is 16.9 Å². The van der Waals surface area contributed by atoms with E-state index >= 15 is 0 Å². The van der Waals surface area contributed by atoms with Gasteiger partial charge in [0.05, 0.1) is 11.2 Å². The summed E-state index contributed by atoms with van der Waals surface area (Å²) in [6, 6.07) is 1.97. The van der Waals surface area contributed by atoms with Gasteiger partial charge in [0.1, 0.15) is 5.82 Å². The van der Waals surface area contributed by atoms with Gasteiger partial charge in [-0.05, 0) is 46.2 Å². The smallest absolute Gasteiger partial charge is 0.399 e. The molecule has 0 unspecified atom stereocenters. The molecule has 0 radical (unpaired) electrons. The Balaban J connectivity index is 2.31. The Morgan fingerprint density at radius 1 is 1.21 bits per heavy atom. The first-order chi connectivity index (χ1) is 8.77. The molecular formula is C13H22BN3O2. The molecule has 104 valence electrons. The SMILES string of the molecule is CC1(C)OB(c2cc(CCN)cnc2N)OC1(C)C. The molecule has 1 saturated heterocycles. The van der Waals surface area contributed by atoms with Crippen LogP contribution in [0.25, 0.3) is 0 Å². The lowest BCUT2D eigenvalue weighted by Crippen LogP contribution is -2.41. The third-order valence-electron chi connectivity index (χ3n) is 3.95. The summed E-state index contributed by atoms with van der Waals surface area (Å²) in [4.78, 5) is 4.20. The monoisotopic (exact) mass is 263 g/mol. The average molecular weight is 263 g/mol. The number of hydrogen-bond donors (Lipinski definition) is 2. The van der Waals surface area contributed by atoms with Gasteiger partial charge >= 0.3 is 7.12 Å². The lowest BCUT2D eigenvalue weighted by atomic mass is 9.78. The third-order valence-corrected chi connectivity index (χ3v) is 3.95. The maximum atomic E-state index is 5.99. The van der Waals surface area contributed by atoms with E-state index in [0.29, 0.717) is 12.4 Å². The van der Waals surface area contributed by atoms with Crippen LogP contribution in [-0.4, -0.2) is 29.8 Å². The van der Waals surface area contributed by atoms with Gasteiger partial charge in [-0.2, -0.15) is 0 Å². The summed E-state index contributed by atoms with van der Waals surface area (Å²) in [7, 11) is -0.477. The van der Waals surface area contributed by atoms with Crippen LogP contribution in [0.1, 0.15) is 33.3 Å². The predicted molar refractivity (Wildman–Crippen MR) is 77.1 cm³/mol. The molecule has 0 spiro atoms. The summed E-state index contributed by atoms with van der Waals surface area (Å²) in [6.45, 7) is 8.63. The van der Waals surface area contributed by atoms with Crippen LogP contribution in [0.15, 0.2) is 12.3 Å². The molecule has 0 aromatic carbocycles. The van der Waals surface area contributed by atoms with Crippen molar-refractivity contribution in [2.75, 3.05) is 12.3 Å². The molecule has 0 amide bonds. The number of rotatable bonds is 3. The predicted octanol–water partition coefficient (Wildman–Crippen LogP) is 0.464. The van der Waals surface area contributed by atoms with Gasteiger partial charge in [-0.1, -0.05) is 6.07 Å². The minimum atomic E-state index is -0.477. The molecule has 1 fully saturated rings. The maximum Gasteiger partial charge on any atom is 0.498 e. The number of nitrogens with two attached hydrogens (primary N) is 2. The second kappa shape index (κ2) is 4.78. The highest BCUT2D eigenvalue weighted by atomic mass is 16.7. The molecule has 4 N–H and O–H groups in total. The van der Waals surface area contributed by atoms with Crippen LogP contribution in [0.5, 0.6) is 0 Å². The molecule has 1 aromatic rings. The van der Waals surface area contributed by atoms with Gasteiger partial charge in [0.25, 0.3) is 0 Å². The number of pyridine rings is 1. The van der Waals surface area contributed by atoms with Crippen molar-refractivity contribution in [3.8, 4) is 0 Å². The molecule has 0 aliphatic carbocycles. The summed E-state index contributed by atoms with van der Waals surface area (Å²) in [5.74, 6) is 0.444. The Morgan fingerprint density at radius 2 is 1.79 bits per heavy atom. The van der Waals surface area contributed by atoms with E-state index in [4.69, 9.17) is 20.8 Å². The molecule has 0 saturated carbocycles. The molecule has 5 nitrogen and oxygen atoms in total. The van der Waals surface area contributed by atoms with Crippen molar-refractivity contribution < 1.29 is 9.31 Å². The van der Waals surface area contributed by atoms with E-state index in [-0.39, 0.29) is 11.2 Å². The second-order valence-electron chi connectivity index (χ2n) is 5.94. The van der Waals surface area contributed by atoms with E-state index in [0.717, 1.165) is 17.4 Å². The standard InChI is InChI=1S/C13H22BN3O2/c1-12(2)13(3,4)19-14(18-12)10-7-9(5-6-15)8-17-11(10)16/h7-8H,5-6,15H2,1-4H3,(H2,16,17). The number of hydrogen-bond acceptors (Lipinski definition) is 5. The van der Waals surface area contributed by atoms with Crippen LogP contribution in [-0.2, 0) is 15.7 Å². The topological polar surface area (TPSA) is 83.4 Å². The summed E-state index contributed by atoms with van der Waals surface area (Å²) < 4.78 is 12.0. The van der Waals surface area contributed by atoms with E-state index in [1.807, 2.05) is 33.8 Å². The van der Waals surface area contributed by atoms with Crippen LogP contribution in [0, 0.1) is 0 Å². The summed E-state index contributed by atoms with van der Waals surface area (Å²) >= 11 is 0. The molecule has 1 aromatic heterocycles. The first-order valence-electron chi connectivity index (χ1n) is 6.57. The van der Waals surface area contributed by atoms with E-state index < -0.39 is 7.12 Å². The first-order valence-corrected chi connectivity index (χ1v) is 6.57. The maximum absolute atomic E-state index is 5.99. The van der Waals surface area contributed by atoms with Gasteiger partial charge in [-0.15, -0.1) is 0 Å². The number of nitrogen functional groups attached to an aromatic ring is 1. The first kappa shape index (κ1) is 14.3. The highest BCUT2D eigenvalue weighted by molar-refractivity contribution is 6.63. The zero-order valence-corrected chi connectivity index (χ0v) is 12.1. The van der Waals surface area contributed by atoms with Crippen LogP contribution in [0.3, 0.4) is 0 Å². The normalized spacial score (nSPS) is 20.8. The van der Waals surface area contributed by atoms with Crippen molar-refractivity contribution in [1.82, 2.24) is 4.98 Å². The quantitative estimate of drug-likeness (QED) is 0.774. The number of nitrogens with zero attached hydrogens (tertiary/aromatic N) is 1. The fourth-order valence-corrected chi connectivity index (χ4v) is 2.00. The van der Waals surface area contributed by atoms with Crippen molar-refractivity contribution in [1.29, 1.82) is 0 Å². The molecule has 6 heteroatoms. The summed E-state index contributed by atoms with van der Waals surface area (Å²) in [6.07, 6.45) is 2.51. The molecular weight excluding hydrogens is 241 g/mol. The summed E-state index contributed by atoms with van der Waals surface area (Å²) in [5, 5.41) is 0. The van der Waals surface area contributed by atoms with Gasteiger partial charge in [-0.25, -0.2) is 4.98 Å². The van der Waals surface area contributed by atoms with Crippen LogP contribution in [0.4, 0.5) is 5.82 Å². The number of aromatic nitrogens is 1. The van der Waals surface area contributed by atoms with Gasteiger partial charge in [-0.3, -0.25) is 0 Å². The lowest BCUT2D eigenvalue weighted by Gasteiger charge is -2.32. The highest BCUT2D eigenvalue weighted by Gasteiger charge is 2.52. The van der Waals surface area contributed by atoms with Crippen molar-refractivity contribution in [3.05, 3.63) is 17.8 Å². The van der Waals surface area contributed by atoms with Crippen molar-refractivity contribution in [2.45, 2.75) is 45.3 Å². The lowest BCUT2D eigenvalue weighted by molar-refractivity contribution is 0.00578. The highest BCUT2D eigenvalue weighted by Crippen LogP contribution is 2.36. The summed E-state index contributed by atoms with van der Waals surface area (Å²) in [5.41, 5.74) is 12.6. The Morgan fingerprint density at radius 3 is 2.32 bits per heavy atom. The number of anilines is 1. The molecule has 2 rings (SSSR count). The van der Waals surface area contributed by atoms with E-state index in [1.165, 1.54) is 0 Å². The molecule has 0 bridgehead atoms. The van der Waals surface area contributed by atoms with Crippen molar-refractivity contribution in [2.24, 2.45) is 5.73 Å². The van der Waals surface area contributed by atoms with Gasteiger partial charge in [0, 0.05) is 11.7 Å². The van der Waals surface area contributed by atoms with E-state index in [9.17, 15) is 0 Å². The molecule has 1 aliphatic heterocycles. The van der Waals surface area contributed by atoms with Gasteiger partial charge in [0.15, 0.2) is 0 Å². The fourth-order valence-electron chi connectivity index (χ4n) is 2.00. The molecule has 2 heterocycles. The average Bonchev–Trinajstić information content (AvgIpc) is 2.51. The minimum absolute atomic E-state index is 0.381. The van der Waals surface area contributed by atoms with Crippen LogP contribution >= 0.6 is 0 Å².